The molecular weight excluding hydrogens is 264 g/mol. The second-order valence-electron chi connectivity index (χ2n) is 5.82. The Morgan fingerprint density at radius 3 is 2.86 bits per heavy atom. The Hall–Kier alpha value is -0.940. The van der Waals surface area contributed by atoms with Crippen molar-refractivity contribution in [2.45, 2.75) is 25.4 Å². The molecule has 1 N–H and O–H groups in total. The topological polar surface area (TPSA) is 33.7 Å². The fourth-order valence-electron chi connectivity index (χ4n) is 3.08. The first-order valence-electron chi connectivity index (χ1n) is 7.76. The first-order valence-corrected chi connectivity index (χ1v) is 7.76. The highest BCUT2D eigenvalue weighted by molar-refractivity contribution is 5.32. The van der Waals surface area contributed by atoms with E-state index in [1.165, 1.54) is 11.1 Å². The van der Waals surface area contributed by atoms with Crippen LogP contribution in [0.15, 0.2) is 24.3 Å². The molecule has 0 spiro atoms. The molecule has 2 atom stereocenters. The summed E-state index contributed by atoms with van der Waals surface area (Å²) in [4.78, 5) is 2.47. The van der Waals surface area contributed by atoms with E-state index >= 15 is 0 Å². The third-order valence-corrected chi connectivity index (χ3v) is 4.27. The zero-order valence-corrected chi connectivity index (χ0v) is 13.5. The molecular formula is C17H28N2O2. The average Bonchev–Trinajstić information content (AvgIpc) is 2.51. The summed E-state index contributed by atoms with van der Waals surface area (Å²) in [5.74, 6) is 0.533. The molecule has 1 aliphatic heterocycles. The van der Waals surface area contributed by atoms with Crippen LogP contribution < -0.4 is 5.32 Å². The molecule has 0 saturated carbocycles. The quantitative estimate of drug-likeness (QED) is 0.793. The number of benzene rings is 1. The molecule has 0 amide bonds. The van der Waals surface area contributed by atoms with Gasteiger partial charge in [-0.05, 0) is 18.1 Å². The molecule has 1 aromatic carbocycles. The van der Waals surface area contributed by atoms with Crippen LogP contribution in [0, 0.1) is 0 Å². The van der Waals surface area contributed by atoms with E-state index in [2.05, 4.69) is 41.4 Å². The van der Waals surface area contributed by atoms with E-state index in [9.17, 15) is 0 Å². The molecule has 2 rings (SSSR count). The van der Waals surface area contributed by atoms with Crippen LogP contribution in [-0.2, 0) is 16.0 Å². The Morgan fingerprint density at radius 1 is 1.29 bits per heavy atom. The Labute approximate surface area is 128 Å². The van der Waals surface area contributed by atoms with Gasteiger partial charge in [-0.25, -0.2) is 0 Å². The summed E-state index contributed by atoms with van der Waals surface area (Å²) in [5, 5.41) is 3.53. The van der Waals surface area contributed by atoms with Crippen LogP contribution >= 0.6 is 0 Å². The fraction of sp³-hybridized carbons (Fsp3) is 0.647. The summed E-state index contributed by atoms with van der Waals surface area (Å²) in [5.41, 5.74) is 2.92. The largest absolute Gasteiger partial charge is 0.383 e. The summed E-state index contributed by atoms with van der Waals surface area (Å²) < 4.78 is 10.6. The van der Waals surface area contributed by atoms with Crippen LogP contribution in [0.25, 0.3) is 0 Å². The Bertz CT molecular complexity index is 425. The van der Waals surface area contributed by atoms with E-state index in [1.807, 2.05) is 0 Å². The summed E-state index contributed by atoms with van der Waals surface area (Å²) >= 11 is 0. The molecule has 1 aliphatic rings. The summed E-state index contributed by atoms with van der Waals surface area (Å²) in [7, 11) is 3.53. The molecule has 0 radical (unpaired) electrons. The molecule has 1 aromatic rings. The zero-order chi connectivity index (χ0) is 15.1. The minimum absolute atomic E-state index is 0.402. The number of hydrogen-bond donors (Lipinski definition) is 1. The number of ether oxygens (including phenoxy) is 2. The molecule has 4 heteroatoms. The smallest absolute Gasteiger partial charge is 0.0615 e. The van der Waals surface area contributed by atoms with Crippen molar-refractivity contribution in [3.8, 4) is 0 Å². The van der Waals surface area contributed by atoms with Gasteiger partial charge in [-0.15, -0.1) is 0 Å². The highest BCUT2D eigenvalue weighted by Gasteiger charge is 2.24. The van der Waals surface area contributed by atoms with Crippen molar-refractivity contribution in [2.24, 2.45) is 0 Å². The highest BCUT2D eigenvalue weighted by atomic mass is 16.5. The number of hydrogen-bond acceptors (Lipinski definition) is 4. The van der Waals surface area contributed by atoms with E-state index in [1.54, 1.807) is 14.2 Å². The lowest BCUT2D eigenvalue weighted by molar-refractivity contribution is 0.0704. The predicted molar refractivity (Wildman–Crippen MR) is 85.7 cm³/mol. The third kappa shape index (κ3) is 4.51. The minimum atomic E-state index is 0.402. The second kappa shape index (κ2) is 8.49. The lowest BCUT2D eigenvalue weighted by Gasteiger charge is -2.35. The van der Waals surface area contributed by atoms with Crippen molar-refractivity contribution in [3.63, 3.8) is 0 Å². The zero-order valence-electron chi connectivity index (χ0n) is 13.5. The monoisotopic (exact) mass is 292 g/mol. The molecule has 1 heterocycles. The van der Waals surface area contributed by atoms with Gasteiger partial charge in [0.25, 0.3) is 0 Å². The summed E-state index contributed by atoms with van der Waals surface area (Å²) in [6, 6.07) is 9.18. The van der Waals surface area contributed by atoms with E-state index in [0.717, 1.165) is 39.4 Å². The molecule has 118 valence electrons. The van der Waals surface area contributed by atoms with Gasteiger partial charge in [0.15, 0.2) is 0 Å². The van der Waals surface area contributed by atoms with Crippen LogP contribution in [0.2, 0.25) is 0 Å². The molecule has 2 unspecified atom stereocenters. The maximum absolute atomic E-state index is 5.33. The van der Waals surface area contributed by atoms with Crippen molar-refractivity contribution < 1.29 is 9.47 Å². The first kappa shape index (κ1) is 16.4. The molecule has 0 bridgehead atoms. The number of fused-ring (bicyclic) bond motifs is 1. The number of methoxy groups -OCH3 is 2. The van der Waals surface area contributed by atoms with Crippen LogP contribution in [0.3, 0.4) is 0 Å². The van der Waals surface area contributed by atoms with Gasteiger partial charge in [0.2, 0.25) is 0 Å². The lowest BCUT2D eigenvalue weighted by Crippen LogP contribution is -2.44. The van der Waals surface area contributed by atoms with Gasteiger partial charge in [0, 0.05) is 52.4 Å². The van der Waals surface area contributed by atoms with Gasteiger partial charge in [0.05, 0.1) is 13.2 Å². The van der Waals surface area contributed by atoms with E-state index in [0.29, 0.717) is 12.0 Å². The van der Waals surface area contributed by atoms with Crippen LogP contribution in [-0.4, -0.2) is 58.0 Å². The van der Waals surface area contributed by atoms with Gasteiger partial charge in [-0.2, -0.15) is 0 Å². The molecule has 0 aromatic heterocycles. The van der Waals surface area contributed by atoms with Crippen molar-refractivity contribution in [2.75, 3.05) is 47.1 Å². The standard InChI is InChI=1S/C17H28N2O2/c1-14(13-21-3)19(8-9-20-2)12-16-11-18-10-15-6-4-5-7-17(15)16/h4-7,14,16,18H,8-13H2,1-3H3. The molecule has 0 saturated heterocycles. The van der Waals surface area contributed by atoms with Crippen molar-refractivity contribution >= 4 is 0 Å². The number of rotatable bonds is 8. The Kier molecular flexibility index (Phi) is 6.64. The molecule has 4 nitrogen and oxygen atoms in total. The maximum Gasteiger partial charge on any atom is 0.0615 e. The predicted octanol–water partition coefficient (Wildman–Crippen LogP) is 1.86. The van der Waals surface area contributed by atoms with Gasteiger partial charge < -0.3 is 14.8 Å². The van der Waals surface area contributed by atoms with Gasteiger partial charge >= 0.3 is 0 Å². The molecule has 0 aliphatic carbocycles. The van der Waals surface area contributed by atoms with Gasteiger partial charge in [-0.3, -0.25) is 4.90 Å². The van der Waals surface area contributed by atoms with Gasteiger partial charge in [0.1, 0.15) is 0 Å². The number of nitrogens with one attached hydrogen (secondary N) is 1. The minimum Gasteiger partial charge on any atom is -0.383 e. The van der Waals surface area contributed by atoms with Crippen molar-refractivity contribution in [1.82, 2.24) is 10.2 Å². The van der Waals surface area contributed by atoms with Crippen LogP contribution in [0.4, 0.5) is 0 Å². The maximum atomic E-state index is 5.33. The molecule has 0 fully saturated rings. The summed E-state index contributed by atoms with van der Waals surface area (Å²) in [6.07, 6.45) is 0. The first-order chi connectivity index (χ1) is 10.3. The third-order valence-electron chi connectivity index (χ3n) is 4.27. The average molecular weight is 292 g/mol. The lowest BCUT2D eigenvalue weighted by atomic mass is 9.90. The fourth-order valence-corrected chi connectivity index (χ4v) is 3.08. The van der Waals surface area contributed by atoms with Gasteiger partial charge in [-0.1, -0.05) is 24.3 Å². The van der Waals surface area contributed by atoms with E-state index < -0.39 is 0 Å². The Balaban J connectivity index is 2.06. The normalized spacial score (nSPS) is 19.5. The SMILES string of the molecule is COCCN(CC1CNCc2ccccc21)C(C)COC. The summed E-state index contributed by atoms with van der Waals surface area (Å²) in [6.45, 7) is 7.75. The van der Waals surface area contributed by atoms with E-state index in [-0.39, 0.29) is 0 Å². The Morgan fingerprint density at radius 2 is 2.10 bits per heavy atom. The highest BCUT2D eigenvalue weighted by Crippen LogP contribution is 2.25. The van der Waals surface area contributed by atoms with Crippen molar-refractivity contribution in [1.29, 1.82) is 0 Å². The van der Waals surface area contributed by atoms with Crippen molar-refractivity contribution in [3.05, 3.63) is 35.4 Å². The van der Waals surface area contributed by atoms with Crippen LogP contribution in [0.1, 0.15) is 24.0 Å². The second-order valence-corrected chi connectivity index (χ2v) is 5.82. The molecule has 21 heavy (non-hydrogen) atoms. The van der Waals surface area contributed by atoms with E-state index in [4.69, 9.17) is 9.47 Å². The number of nitrogens with zero attached hydrogens (tertiary/aromatic N) is 1. The van der Waals surface area contributed by atoms with Crippen LogP contribution in [0.5, 0.6) is 0 Å².